The maximum atomic E-state index is 10.2. The molecule has 0 aliphatic heterocycles. The molecule has 2 nitrogen and oxygen atoms in total. The van der Waals surface area contributed by atoms with Crippen molar-refractivity contribution >= 4 is 0 Å². The second kappa shape index (κ2) is 7.39. The van der Waals surface area contributed by atoms with Gasteiger partial charge in [-0.2, -0.15) is 0 Å². The topological polar surface area (TPSA) is 33.1 Å². The number of hydrogen-bond acceptors (Lipinski definition) is 2. The van der Waals surface area contributed by atoms with E-state index < -0.39 is 0 Å². The summed E-state index contributed by atoms with van der Waals surface area (Å²) in [6.45, 7) is 4.35. The largest absolute Gasteiger partial charge is 0.392 e. The lowest BCUT2D eigenvalue weighted by Gasteiger charge is -2.21. The summed E-state index contributed by atoms with van der Waals surface area (Å²) in [4.78, 5) is 4.26. The van der Waals surface area contributed by atoms with Gasteiger partial charge >= 0.3 is 0 Å². The van der Waals surface area contributed by atoms with Crippen LogP contribution in [-0.2, 0) is 6.42 Å². The molecular weight excluding hydrogens is 198 g/mol. The molecule has 90 valence electrons. The molecule has 0 bridgehead atoms. The van der Waals surface area contributed by atoms with Gasteiger partial charge in [0.15, 0.2) is 0 Å². The van der Waals surface area contributed by atoms with Gasteiger partial charge in [-0.3, -0.25) is 4.98 Å². The molecule has 1 unspecified atom stereocenters. The average molecular weight is 221 g/mol. The van der Waals surface area contributed by atoms with Gasteiger partial charge in [0, 0.05) is 18.3 Å². The SMILES string of the molecule is CCCC(CCC)C(O)Cc1ccccn1. The van der Waals surface area contributed by atoms with Crippen LogP contribution in [0.2, 0.25) is 0 Å². The minimum atomic E-state index is -0.241. The van der Waals surface area contributed by atoms with Crippen molar-refractivity contribution in [1.82, 2.24) is 4.98 Å². The van der Waals surface area contributed by atoms with E-state index in [-0.39, 0.29) is 6.10 Å². The van der Waals surface area contributed by atoms with Crippen LogP contribution in [0.25, 0.3) is 0 Å². The number of hydrogen-bond donors (Lipinski definition) is 1. The van der Waals surface area contributed by atoms with Crippen LogP contribution in [0.1, 0.15) is 45.2 Å². The van der Waals surface area contributed by atoms with Crippen molar-refractivity contribution in [2.75, 3.05) is 0 Å². The zero-order chi connectivity index (χ0) is 11.8. The predicted molar refractivity (Wildman–Crippen MR) is 67.3 cm³/mol. The molecule has 0 aromatic carbocycles. The van der Waals surface area contributed by atoms with Crippen molar-refractivity contribution in [3.05, 3.63) is 30.1 Å². The highest BCUT2D eigenvalue weighted by molar-refractivity contribution is 5.04. The lowest BCUT2D eigenvalue weighted by atomic mass is 9.90. The van der Waals surface area contributed by atoms with E-state index in [0.29, 0.717) is 12.3 Å². The second-order valence-electron chi connectivity index (χ2n) is 4.43. The maximum absolute atomic E-state index is 10.2. The van der Waals surface area contributed by atoms with Crippen molar-refractivity contribution in [2.24, 2.45) is 5.92 Å². The summed E-state index contributed by atoms with van der Waals surface area (Å²) in [5, 5.41) is 10.2. The molecule has 16 heavy (non-hydrogen) atoms. The Hall–Kier alpha value is -0.890. The summed E-state index contributed by atoms with van der Waals surface area (Å²) in [6, 6.07) is 5.87. The monoisotopic (exact) mass is 221 g/mol. The van der Waals surface area contributed by atoms with Gasteiger partial charge in [-0.25, -0.2) is 0 Å². The van der Waals surface area contributed by atoms with Gasteiger partial charge in [-0.15, -0.1) is 0 Å². The molecule has 1 rings (SSSR count). The number of pyridine rings is 1. The molecule has 0 amide bonds. The van der Waals surface area contributed by atoms with Crippen LogP contribution in [0, 0.1) is 5.92 Å². The molecule has 0 spiro atoms. The Balaban J connectivity index is 2.51. The molecule has 1 atom stereocenters. The van der Waals surface area contributed by atoms with Gasteiger partial charge in [0.25, 0.3) is 0 Å². The van der Waals surface area contributed by atoms with E-state index in [1.54, 1.807) is 6.20 Å². The lowest BCUT2D eigenvalue weighted by molar-refractivity contribution is 0.0954. The highest BCUT2D eigenvalue weighted by Crippen LogP contribution is 2.20. The maximum Gasteiger partial charge on any atom is 0.0623 e. The summed E-state index contributed by atoms with van der Waals surface area (Å²) in [5.74, 6) is 0.428. The molecule has 2 heteroatoms. The molecular formula is C14H23NO. The second-order valence-corrected chi connectivity index (χ2v) is 4.43. The zero-order valence-corrected chi connectivity index (χ0v) is 10.4. The summed E-state index contributed by atoms with van der Waals surface area (Å²) in [5.41, 5.74) is 0.993. The van der Waals surface area contributed by atoms with Crippen LogP contribution < -0.4 is 0 Å². The van der Waals surface area contributed by atoms with Crippen molar-refractivity contribution in [3.63, 3.8) is 0 Å². The summed E-state index contributed by atoms with van der Waals surface area (Å²) < 4.78 is 0. The third-order valence-corrected chi connectivity index (χ3v) is 3.01. The summed E-state index contributed by atoms with van der Waals surface area (Å²) >= 11 is 0. The van der Waals surface area contributed by atoms with E-state index >= 15 is 0 Å². The smallest absolute Gasteiger partial charge is 0.0623 e. The minimum absolute atomic E-state index is 0.241. The summed E-state index contributed by atoms with van der Waals surface area (Å²) in [6.07, 6.45) is 6.74. The first kappa shape index (κ1) is 13.2. The van der Waals surface area contributed by atoms with E-state index in [1.807, 2.05) is 18.2 Å². The van der Waals surface area contributed by atoms with Crippen LogP contribution in [-0.4, -0.2) is 16.2 Å². The number of aromatic nitrogens is 1. The molecule has 0 fully saturated rings. The lowest BCUT2D eigenvalue weighted by Crippen LogP contribution is -2.23. The third kappa shape index (κ3) is 4.31. The van der Waals surface area contributed by atoms with E-state index in [2.05, 4.69) is 18.8 Å². The molecule has 1 aromatic rings. The van der Waals surface area contributed by atoms with Gasteiger partial charge < -0.3 is 5.11 Å². The highest BCUT2D eigenvalue weighted by atomic mass is 16.3. The fourth-order valence-corrected chi connectivity index (χ4v) is 2.17. The highest BCUT2D eigenvalue weighted by Gasteiger charge is 2.18. The Kier molecular flexibility index (Phi) is 6.09. The number of aliphatic hydroxyl groups excluding tert-OH is 1. The van der Waals surface area contributed by atoms with Crippen LogP contribution in [0.3, 0.4) is 0 Å². The third-order valence-electron chi connectivity index (χ3n) is 3.01. The van der Waals surface area contributed by atoms with Gasteiger partial charge in [0.1, 0.15) is 0 Å². The quantitative estimate of drug-likeness (QED) is 0.767. The van der Waals surface area contributed by atoms with E-state index in [4.69, 9.17) is 0 Å². The van der Waals surface area contributed by atoms with Crippen LogP contribution in [0.5, 0.6) is 0 Å². The Morgan fingerprint density at radius 2 is 1.88 bits per heavy atom. The number of rotatable bonds is 7. The fraction of sp³-hybridized carbons (Fsp3) is 0.643. The van der Waals surface area contributed by atoms with Crippen molar-refractivity contribution < 1.29 is 5.11 Å². The normalized spacial score (nSPS) is 13.0. The van der Waals surface area contributed by atoms with Crippen molar-refractivity contribution in [1.29, 1.82) is 0 Å². The van der Waals surface area contributed by atoms with Gasteiger partial charge in [-0.05, 0) is 30.9 Å². The zero-order valence-electron chi connectivity index (χ0n) is 10.4. The molecule has 1 heterocycles. The van der Waals surface area contributed by atoms with Gasteiger partial charge in [-0.1, -0.05) is 32.8 Å². The average Bonchev–Trinajstić information content (AvgIpc) is 2.30. The van der Waals surface area contributed by atoms with Gasteiger partial charge in [0.05, 0.1) is 6.10 Å². The van der Waals surface area contributed by atoms with Crippen molar-refractivity contribution in [2.45, 2.75) is 52.1 Å². The van der Waals surface area contributed by atoms with Crippen molar-refractivity contribution in [3.8, 4) is 0 Å². The molecule has 0 aliphatic rings. The Morgan fingerprint density at radius 1 is 1.19 bits per heavy atom. The Bertz CT molecular complexity index is 267. The first-order valence-electron chi connectivity index (χ1n) is 6.35. The molecule has 1 aromatic heterocycles. The van der Waals surface area contributed by atoms with Crippen LogP contribution in [0.4, 0.5) is 0 Å². The van der Waals surface area contributed by atoms with Gasteiger partial charge in [0.2, 0.25) is 0 Å². The number of aliphatic hydroxyl groups is 1. The fourth-order valence-electron chi connectivity index (χ4n) is 2.17. The number of nitrogens with zero attached hydrogens (tertiary/aromatic N) is 1. The first-order valence-corrected chi connectivity index (χ1v) is 6.35. The molecule has 0 aliphatic carbocycles. The van der Waals surface area contributed by atoms with E-state index in [9.17, 15) is 5.11 Å². The molecule has 0 saturated carbocycles. The van der Waals surface area contributed by atoms with E-state index in [0.717, 1.165) is 31.4 Å². The van der Waals surface area contributed by atoms with E-state index in [1.165, 1.54) is 0 Å². The van der Waals surface area contributed by atoms with Crippen LogP contribution >= 0.6 is 0 Å². The predicted octanol–water partition coefficient (Wildman–Crippen LogP) is 3.20. The first-order chi connectivity index (χ1) is 7.77. The Morgan fingerprint density at radius 3 is 2.38 bits per heavy atom. The molecule has 0 saturated heterocycles. The molecule has 1 N–H and O–H groups in total. The minimum Gasteiger partial charge on any atom is -0.392 e. The summed E-state index contributed by atoms with van der Waals surface area (Å²) in [7, 11) is 0. The Labute approximate surface area is 98.7 Å². The molecule has 0 radical (unpaired) electrons. The standard InChI is InChI=1S/C14H23NO/c1-3-7-12(8-4-2)14(16)11-13-9-5-6-10-15-13/h5-6,9-10,12,14,16H,3-4,7-8,11H2,1-2H3. The van der Waals surface area contributed by atoms with Crippen LogP contribution in [0.15, 0.2) is 24.4 Å².